The summed E-state index contributed by atoms with van der Waals surface area (Å²) in [5.41, 5.74) is 1.44. The zero-order valence-electron chi connectivity index (χ0n) is 15.6. The van der Waals surface area contributed by atoms with E-state index in [0.29, 0.717) is 28.1 Å². The van der Waals surface area contributed by atoms with Crippen LogP contribution in [0.4, 0.5) is 5.82 Å². The van der Waals surface area contributed by atoms with E-state index in [2.05, 4.69) is 31.1 Å². The van der Waals surface area contributed by atoms with Crippen molar-refractivity contribution in [3.8, 4) is 11.5 Å². The van der Waals surface area contributed by atoms with E-state index < -0.39 is 0 Å². The van der Waals surface area contributed by atoms with Gasteiger partial charge in [-0.2, -0.15) is 0 Å². The summed E-state index contributed by atoms with van der Waals surface area (Å²) >= 11 is 3.41. The van der Waals surface area contributed by atoms with E-state index in [9.17, 15) is 4.79 Å². The zero-order valence-corrected chi connectivity index (χ0v) is 17.2. The molecule has 1 aliphatic heterocycles. The Morgan fingerprint density at radius 1 is 1.15 bits per heavy atom. The number of pyridine rings is 1. The predicted molar refractivity (Wildman–Crippen MR) is 109 cm³/mol. The molecule has 6 nitrogen and oxygen atoms in total. The average molecular weight is 434 g/mol. The first kappa shape index (κ1) is 19.5. The first-order valence-corrected chi connectivity index (χ1v) is 9.81. The Hall–Kier alpha value is -2.28. The number of nitrogens with zero attached hydrogens (tertiary/aromatic N) is 2. The van der Waals surface area contributed by atoms with Gasteiger partial charge in [-0.15, -0.1) is 0 Å². The Morgan fingerprint density at radius 2 is 1.81 bits per heavy atom. The highest BCUT2D eigenvalue weighted by Gasteiger charge is 2.15. The average Bonchev–Trinajstić information content (AvgIpc) is 2.73. The van der Waals surface area contributed by atoms with Crippen molar-refractivity contribution >= 4 is 27.7 Å². The number of carbonyl (C=O) groups excluding carboxylic acids is 1. The molecule has 0 saturated carbocycles. The van der Waals surface area contributed by atoms with Crippen molar-refractivity contribution in [1.29, 1.82) is 0 Å². The maximum atomic E-state index is 12.5. The topological polar surface area (TPSA) is 63.7 Å². The van der Waals surface area contributed by atoms with E-state index in [1.807, 2.05) is 18.3 Å². The van der Waals surface area contributed by atoms with E-state index in [4.69, 9.17) is 9.47 Å². The van der Waals surface area contributed by atoms with E-state index >= 15 is 0 Å². The number of carbonyl (C=O) groups is 1. The molecule has 0 atom stereocenters. The van der Waals surface area contributed by atoms with Gasteiger partial charge in [0.05, 0.1) is 14.2 Å². The monoisotopic (exact) mass is 433 g/mol. The van der Waals surface area contributed by atoms with E-state index in [-0.39, 0.29) is 5.91 Å². The number of halogens is 1. The SMILES string of the molecule is COc1cc(C(=O)NCc2ccc(N3CCCCC3)nc2)cc(OC)c1Br. The Kier molecular flexibility index (Phi) is 6.55. The highest BCUT2D eigenvalue weighted by molar-refractivity contribution is 9.10. The van der Waals surface area contributed by atoms with Crippen molar-refractivity contribution in [2.45, 2.75) is 25.8 Å². The van der Waals surface area contributed by atoms with Crippen LogP contribution in [-0.4, -0.2) is 38.2 Å². The lowest BCUT2D eigenvalue weighted by Gasteiger charge is -2.27. The van der Waals surface area contributed by atoms with Gasteiger partial charge < -0.3 is 19.7 Å². The highest BCUT2D eigenvalue weighted by Crippen LogP contribution is 2.35. The number of methoxy groups -OCH3 is 2. The number of anilines is 1. The number of piperidine rings is 1. The van der Waals surface area contributed by atoms with Gasteiger partial charge in [-0.25, -0.2) is 4.98 Å². The Labute approximate surface area is 168 Å². The summed E-state index contributed by atoms with van der Waals surface area (Å²) in [5, 5.41) is 2.92. The Bertz CT molecular complexity index is 765. The third-order valence-electron chi connectivity index (χ3n) is 4.65. The molecule has 1 fully saturated rings. The molecule has 2 aromatic rings. The molecule has 1 N–H and O–H groups in total. The molecule has 1 saturated heterocycles. The van der Waals surface area contributed by atoms with Crippen LogP contribution in [0.25, 0.3) is 0 Å². The predicted octanol–water partition coefficient (Wildman–Crippen LogP) is 3.78. The number of amides is 1. The molecule has 144 valence electrons. The molecule has 3 rings (SSSR count). The molecular formula is C20H24BrN3O3. The third-order valence-corrected chi connectivity index (χ3v) is 5.43. The first-order valence-electron chi connectivity index (χ1n) is 9.02. The minimum absolute atomic E-state index is 0.195. The van der Waals surface area contributed by atoms with Crippen LogP contribution in [0.1, 0.15) is 35.2 Å². The molecule has 0 aliphatic carbocycles. The number of hydrogen-bond donors (Lipinski definition) is 1. The van der Waals surface area contributed by atoms with Crippen LogP contribution in [-0.2, 0) is 6.54 Å². The molecular weight excluding hydrogens is 410 g/mol. The zero-order chi connectivity index (χ0) is 19.2. The molecule has 0 bridgehead atoms. The fourth-order valence-corrected chi connectivity index (χ4v) is 3.67. The van der Waals surface area contributed by atoms with Crippen molar-refractivity contribution in [2.75, 3.05) is 32.2 Å². The van der Waals surface area contributed by atoms with E-state index in [1.165, 1.54) is 19.3 Å². The van der Waals surface area contributed by atoms with Crippen LogP contribution in [0, 0.1) is 0 Å². The number of rotatable bonds is 6. The molecule has 1 aromatic heterocycles. The standard InChI is InChI=1S/C20H24BrN3O3/c1-26-16-10-15(11-17(27-2)19(16)21)20(25)23-13-14-6-7-18(22-12-14)24-8-4-3-5-9-24/h6-7,10-12H,3-5,8-9,13H2,1-2H3,(H,23,25). The van der Waals surface area contributed by atoms with Gasteiger partial charge in [0, 0.05) is 31.4 Å². The number of aromatic nitrogens is 1. The minimum atomic E-state index is -0.195. The first-order chi connectivity index (χ1) is 13.1. The van der Waals surface area contributed by atoms with E-state index in [0.717, 1.165) is 24.5 Å². The van der Waals surface area contributed by atoms with Crippen LogP contribution in [0.2, 0.25) is 0 Å². The molecule has 1 aliphatic rings. The van der Waals surface area contributed by atoms with Crippen LogP contribution >= 0.6 is 15.9 Å². The van der Waals surface area contributed by atoms with Crippen molar-refractivity contribution in [3.05, 3.63) is 46.1 Å². The van der Waals surface area contributed by atoms with Crippen LogP contribution < -0.4 is 19.7 Å². The smallest absolute Gasteiger partial charge is 0.251 e. The van der Waals surface area contributed by atoms with Gasteiger partial charge in [0.1, 0.15) is 21.8 Å². The van der Waals surface area contributed by atoms with Gasteiger partial charge in [0.15, 0.2) is 0 Å². The van der Waals surface area contributed by atoms with Crippen molar-refractivity contribution in [3.63, 3.8) is 0 Å². The molecule has 1 aromatic carbocycles. The largest absolute Gasteiger partial charge is 0.495 e. The van der Waals surface area contributed by atoms with Gasteiger partial charge in [0.2, 0.25) is 0 Å². The number of nitrogens with one attached hydrogen (secondary N) is 1. The second kappa shape index (κ2) is 9.08. The molecule has 0 unspecified atom stereocenters. The van der Waals surface area contributed by atoms with Crippen LogP contribution in [0.5, 0.6) is 11.5 Å². The van der Waals surface area contributed by atoms with Crippen LogP contribution in [0.3, 0.4) is 0 Å². The molecule has 0 radical (unpaired) electrons. The molecule has 2 heterocycles. The second-order valence-corrected chi connectivity index (χ2v) is 7.24. The normalized spacial score (nSPS) is 14.0. The van der Waals surface area contributed by atoms with E-state index in [1.54, 1.807) is 26.4 Å². The maximum absolute atomic E-state index is 12.5. The van der Waals surface area contributed by atoms with Gasteiger partial charge in [0.25, 0.3) is 5.91 Å². The summed E-state index contributed by atoms with van der Waals surface area (Å²) in [6, 6.07) is 7.40. The van der Waals surface area contributed by atoms with Gasteiger partial charge in [-0.1, -0.05) is 6.07 Å². The fraction of sp³-hybridized carbons (Fsp3) is 0.400. The van der Waals surface area contributed by atoms with Gasteiger partial charge >= 0.3 is 0 Å². The molecule has 1 amide bonds. The summed E-state index contributed by atoms with van der Waals surface area (Å²) in [6.07, 6.45) is 5.57. The van der Waals surface area contributed by atoms with Crippen LogP contribution in [0.15, 0.2) is 34.9 Å². The third kappa shape index (κ3) is 4.71. The summed E-state index contributed by atoms with van der Waals surface area (Å²) in [7, 11) is 3.10. The number of hydrogen-bond acceptors (Lipinski definition) is 5. The quantitative estimate of drug-likeness (QED) is 0.750. The van der Waals surface area contributed by atoms with Gasteiger partial charge in [-0.05, 0) is 59.0 Å². The van der Waals surface area contributed by atoms with Crippen molar-refractivity contribution in [1.82, 2.24) is 10.3 Å². The summed E-state index contributed by atoms with van der Waals surface area (Å²) in [4.78, 5) is 19.4. The molecule has 27 heavy (non-hydrogen) atoms. The molecule has 0 spiro atoms. The Balaban J connectivity index is 1.63. The Morgan fingerprint density at radius 3 is 2.37 bits per heavy atom. The lowest BCUT2D eigenvalue weighted by molar-refractivity contribution is 0.0950. The fourth-order valence-electron chi connectivity index (χ4n) is 3.12. The summed E-state index contributed by atoms with van der Waals surface area (Å²) < 4.78 is 11.3. The van der Waals surface area contributed by atoms with Crippen molar-refractivity contribution in [2.24, 2.45) is 0 Å². The van der Waals surface area contributed by atoms with Crippen molar-refractivity contribution < 1.29 is 14.3 Å². The highest BCUT2D eigenvalue weighted by atomic mass is 79.9. The lowest BCUT2D eigenvalue weighted by Crippen LogP contribution is -2.30. The number of ether oxygens (including phenoxy) is 2. The minimum Gasteiger partial charge on any atom is -0.495 e. The second-order valence-electron chi connectivity index (χ2n) is 6.45. The number of benzene rings is 1. The summed E-state index contributed by atoms with van der Waals surface area (Å²) in [6.45, 7) is 2.54. The lowest BCUT2D eigenvalue weighted by atomic mass is 10.1. The maximum Gasteiger partial charge on any atom is 0.251 e. The van der Waals surface area contributed by atoms with Gasteiger partial charge in [-0.3, -0.25) is 4.79 Å². The summed E-state index contributed by atoms with van der Waals surface area (Å²) in [5.74, 6) is 1.91. The molecule has 7 heteroatoms.